The Morgan fingerprint density at radius 3 is 2.41 bits per heavy atom. The Kier molecular flexibility index (Phi) is 6.08. The average molecular weight is 434 g/mol. The highest BCUT2D eigenvalue weighted by molar-refractivity contribution is 6.34. The fourth-order valence-electron chi connectivity index (χ4n) is 4.39. The minimum atomic E-state index is -0.701. The molecular formula is C25H26N2O5. The highest BCUT2D eigenvalue weighted by Crippen LogP contribution is 2.31. The van der Waals surface area contributed by atoms with Gasteiger partial charge in [0.1, 0.15) is 0 Å². The molecule has 7 nitrogen and oxygen atoms in total. The summed E-state index contributed by atoms with van der Waals surface area (Å²) in [6.07, 6.45) is 5.32. The summed E-state index contributed by atoms with van der Waals surface area (Å²) < 4.78 is 5.21. The standard InChI is InChI=1S/C25H26N2O5/c1-16-8-6-7-11-21(16)27-23(29)19-13-12-17(14-20(19)24(27)30)25(31)32-15-22(28)26(2)18-9-4-3-5-10-18/h6-8,11-14,18H,3-5,9-10,15H2,1-2H3. The van der Waals surface area contributed by atoms with E-state index in [1.807, 2.05) is 19.1 Å². The predicted molar refractivity (Wildman–Crippen MR) is 119 cm³/mol. The second-order valence-electron chi connectivity index (χ2n) is 8.37. The Hall–Kier alpha value is -3.48. The third kappa shape index (κ3) is 4.02. The number of likely N-dealkylation sites (N-methyl/N-ethyl adjacent to an activating group) is 1. The van der Waals surface area contributed by atoms with E-state index in [2.05, 4.69) is 0 Å². The molecule has 2 aromatic rings. The first-order valence-corrected chi connectivity index (χ1v) is 10.9. The molecule has 7 heteroatoms. The first-order valence-electron chi connectivity index (χ1n) is 10.9. The molecule has 0 aromatic heterocycles. The monoisotopic (exact) mass is 434 g/mol. The van der Waals surface area contributed by atoms with E-state index < -0.39 is 17.8 Å². The Balaban J connectivity index is 1.45. The van der Waals surface area contributed by atoms with E-state index >= 15 is 0 Å². The van der Waals surface area contributed by atoms with Crippen LogP contribution < -0.4 is 4.90 Å². The normalized spacial score (nSPS) is 16.1. The molecule has 1 fully saturated rings. The van der Waals surface area contributed by atoms with Gasteiger partial charge in [-0.15, -0.1) is 0 Å². The number of imide groups is 1. The summed E-state index contributed by atoms with van der Waals surface area (Å²) in [6.45, 7) is 1.47. The minimum Gasteiger partial charge on any atom is -0.452 e. The van der Waals surface area contributed by atoms with Gasteiger partial charge in [-0.05, 0) is 49.6 Å². The van der Waals surface area contributed by atoms with Crippen molar-refractivity contribution in [2.45, 2.75) is 45.1 Å². The molecule has 0 radical (unpaired) electrons. The Bertz CT molecular complexity index is 1090. The highest BCUT2D eigenvalue weighted by atomic mass is 16.5. The lowest BCUT2D eigenvalue weighted by molar-refractivity contribution is -0.135. The van der Waals surface area contributed by atoms with E-state index in [1.165, 1.54) is 24.6 Å². The summed E-state index contributed by atoms with van der Waals surface area (Å²) >= 11 is 0. The van der Waals surface area contributed by atoms with Gasteiger partial charge >= 0.3 is 5.97 Å². The Morgan fingerprint density at radius 2 is 1.69 bits per heavy atom. The van der Waals surface area contributed by atoms with Gasteiger partial charge in [0.2, 0.25) is 0 Å². The first-order chi connectivity index (χ1) is 15.4. The van der Waals surface area contributed by atoms with E-state index in [9.17, 15) is 19.2 Å². The average Bonchev–Trinajstić information content (AvgIpc) is 3.07. The van der Waals surface area contributed by atoms with Crippen LogP contribution in [0, 0.1) is 6.92 Å². The molecular weight excluding hydrogens is 408 g/mol. The number of nitrogens with zero attached hydrogens (tertiary/aromatic N) is 2. The number of esters is 1. The molecule has 1 aliphatic carbocycles. The molecule has 1 heterocycles. The number of benzene rings is 2. The van der Waals surface area contributed by atoms with Gasteiger partial charge in [0.25, 0.3) is 17.7 Å². The van der Waals surface area contributed by atoms with Gasteiger partial charge in [-0.25, -0.2) is 9.69 Å². The maximum Gasteiger partial charge on any atom is 0.338 e. The number of aryl methyl sites for hydroxylation is 1. The van der Waals surface area contributed by atoms with Crippen LogP contribution in [0.4, 0.5) is 5.69 Å². The maximum absolute atomic E-state index is 13.0. The van der Waals surface area contributed by atoms with Crippen LogP contribution in [0.3, 0.4) is 0 Å². The van der Waals surface area contributed by atoms with Gasteiger partial charge in [0, 0.05) is 13.1 Å². The molecule has 1 saturated carbocycles. The van der Waals surface area contributed by atoms with Gasteiger partial charge in [-0.3, -0.25) is 14.4 Å². The van der Waals surface area contributed by atoms with Gasteiger partial charge in [-0.2, -0.15) is 0 Å². The smallest absolute Gasteiger partial charge is 0.338 e. The van der Waals surface area contributed by atoms with E-state index in [1.54, 1.807) is 24.1 Å². The van der Waals surface area contributed by atoms with Crippen LogP contribution in [0.15, 0.2) is 42.5 Å². The van der Waals surface area contributed by atoms with Crippen molar-refractivity contribution >= 4 is 29.4 Å². The fourth-order valence-corrected chi connectivity index (χ4v) is 4.39. The molecule has 2 aliphatic rings. The van der Waals surface area contributed by atoms with Crippen LogP contribution in [0.2, 0.25) is 0 Å². The molecule has 166 valence electrons. The van der Waals surface area contributed by atoms with E-state index in [-0.39, 0.29) is 35.2 Å². The summed E-state index contributed by atoms with van der Waals surface area (Å²) in [5.41, 5.74) is 1.83. The van der Waals surface area contributed by atoms with Crippen LogP contribution in [-0.2, 0) is 9.53 Å². The second-order valence-corrected chi connectivity index (χ2v) is 8.37. The molecule has 4 rings (SSSR count). The molecule has 3 amide bonds. The fraction of sp³-hybridized carbons (Fsp3) is 0.360. The van der Waals surface area contributed by atoms with Crippen molar-refractivity contribution in [3.8, 4) is 0 Å². The number of carbonyl (C=O) groups excluding carboxylic acids is 4. The van der Waals surface area contributed by atoms with Crippen LogP contribution >= 0.6 is 0 Å². The van der Waals surface area contributed by atoms with Crippen molar-refractivity contribution in [2.75, 3.05) is 18.6 Å². The molecule has 32 heavy (non-hydrogen) atoms. The molecule has 2 aromatic carbocycles. The molecule has 0 saturated heterocycles. The van der Waals surface area contributed by atoms with Crippen molar-refractivity contribution in [1.82, 2.24) is 4.90 Å². The number of fused-ring (bicyclic) bond motifs is 1. The lowest BCUT2D eigenvalue weighted by Gasteiger charge is -2.31. The van der Waals surface area contributed by atoms with Gasteiger partial charge < -0.3 is 9.64 Å². The third-order valence-electron chi connectivity index (χ3n) is 6.32. The summed E-state index contributed by atoms with van der Waals surface area (Å²) in [5, 5.41) is 0. The molecule has 0 N–H and O–H groups in total. The number of carbonyl (C=O) groups is 4. The molecule has 0 atom stereocenters. The summed E-state index contributed by atoms with van der Waals surface area (Å²) in [6, 6.07) is 11.6. The van der Waals surface area contributed by atoms with E-state index in [4.69, 9.17) is 4.74 Å². The van der Waals surface area contributed by atoms with Crippen LogP contribution in [0.1, 0.15) is 68.7 Å². The quantitative estimate of drug-likeness (QED) is 0.529. The van der Waals surface area contributed by atoms with Crippen LogP contribution in [0.5, 0.6) is 0 Å². The van der Waals surface area contributed by atoms with Gasteiger partial charge in [0.05, 0.1) is 22.4 Å². The largest absolute Gasteiger partial charge is 0.452 e. The third-order valence-corrected chi connectivity index (χ3v) is 6.32. The molecule has 1 aliphatic heterocycles. The van der Waals surface area contributed by atoms with E-state index in [0.29, 0.717) is 5.69 Å². The van der Waals surface area contributed by atoms with Crippen molar-refractivity contribution in [1.29, 1.82) is 0 Å². The number of amides is 3. The lowest BCUT2D eigenvalue weighted by Crippen LogP contribution is -2.40. The minimum absolute atomic E-state index is 0.129. The number of rotatable bonds is 5. The van der Waals surface area contributed by atoms with Gasteiger partial charge in [-0.1, -0.05) is 37.5 Å². The lowest BCUT2D eigenvalue weighted by atomic mass is 9.94. The highest BCUT2D eigenvalue weighted by Gasteiger charge is 2.38. The SMILES string of the molecule is Cc1ccccc1N1C(=O)c2ccc(C(=O)OCC(=O)N(C)C3CCCCC3)cc2C1=O. The number of para-hydroxylation sites is 1. The van der Waals surface area contributed by atoms with Crippen LogP contribution in [0.25, 0.3) is 0 Å². The topological polar surface area (TPSA) is 84.0 Å². The number of hydrogen-bond donors (Lipinski definition) is 0. The van der Waals surface area contributed by atoms with Crippen molar-refractivity contribution in [2.24, 2.45) is 0 Å². The van der Waals surface area contributed by atoms with E-state index in [0.717, 1.165) is 36.1 Å². The van der Waals surface area contributed by atoms with Gasteiger partial charge in [0.15, 0.2) is 6.61 Å². The molecule has 0 spiro atoms. The molecule has 0 unspecified atom stereocenters. The molecule has 0 bridgehead atoms. The maximum atomic E-state index is 13.0. The van der Waals surface area contributed by atoms with Crippen molar-refractivity contribution in [3.63, 3.8) is 0 Å². The second kappa shape index (κ2) is 8.94. The van der Waals surface area contributed by atoms with Crippen molar-refractivity contribution < 1.29 is 23.9 Å². The summed E-state index contributed by atoms with van der Waals surface area (Å²) in [7, 11) is 1.74. The Morgan fingerprint density at radius 1 is 1.00 bits per heavy atom. The zero-order valence-corrected chi connectivity index (χ0v) is 18.3. The zero-order valence-electron chi connectivity index (χ0n) is 18.3. The van der Waals surface area contributed by atoms with Crippen LogP contribution in [-0.4, -0.2) is 48.3 Å². The summed E-state index contributed by atoms with van der Waals surface area (Å²) in [4.78, 5) is 53.5. The number of ether oxygens (including phenoxy) is 1. The first kappa shape index (κ1) is 21.7. The Labute approximate surface area is 187 Å². The summed E-state index contributed by atoms with van der Waals surface area (Å²) in [5.74, 6) is -1.86. The van der Waals surface area contributed by atoms with Crippen molar-refractivity contribution in [3.05, 3.63) is 64.7 Å². The predicted octanol–water partition coefficient (Wildman–Crippen LogP) is 3.74. The number of anilines is 1. The zero-order chi connectivity index (χ0) is 22.8. The number of hydrogen-bond acceptors (Lipinski definition) is 5.